The van der Waals surface area contributed by atoms with Gasteiger partial charge in [0.25, 0.3) is 0 Å². The number of unbranched alkanes of at least 4 members (excludes halogenated alkanes) is 2. The highest BCUT2D eigenvalue weighted by Crippen LogP contribution is 2.10. The lowest BCUT2D eigenvalue weighted by Crippen LogP contribution is -2.10. The van der Waals surface area contributed by atoms with Crippen molar-refractivity contribution >= 4 is 0 Å². The SMILES string of the molecule is CCCC/C=C/C=C/NC(C)c1ccccc1. The molecule has 1 unspecified atom stereocenters. The number of nitrogens with one attached hydrogen (secondary N) is 1. The van der Waals surface area contributed by atoms with Crippen LogP contribution in [0, 0.1) is 0 Å². The van der Waals surface area contributed by atoms with Crippen molar-refractivity contribution in [1.82, 2.24) is 5.32 Å². The second-order valence-electron chi connectivity index (χ2n) is 4.23. The lowest BCUT2D eigenvalue weighted by Gasteiger charge is -2.11. The van der Waals surface area contributed by atoms with Crippen LogP contribution in [0.25, 0.3) is 0 Å². The van der Waals surface area contributed by atoms with Gasteiger partial charge < -0.3 is 5.32 Å². The first-order valence-corrected chi connectivity index (χ1v) is 6.47. The summed E-state index contributed by atoms with van der Waals surface area (Å²) >= 11 is 0. The Kier molecular flexibility index (Phi) is 6.89. The third-order valence-electron chi connectivity index (χ3n) is 2.71. The van der Waals surface area contributed by atoms with Gasteiger partial charge in [0.1, 0.15) is 0 Å². The second kappa shape index (κ2) is 8.63. The van der Waals surface area contributed by atoms with E-state index in [4.69, 9.17) is 0 Å². The maximum absolute atomic E-state index is 3.36. The van der Waals surface area contributed by atoms with E-state index in [-0.39, 0.29) is 0 Å². The lowest BCUT2D eigenvalue weighted by atomic mass is 10.1. The highest BCUT2D eigenvalue weighted by Gasteiger charge is 1.99. The zero-order chi connectivity index (χ0) is 12.3. The highest BCUT2D eigenvalue weighted by atomic mass is 14.9. The molecule has 0 fully saturated rings. The average Bonchev–Trinajstić information content (AvgIpc) is 2.38. The molecule has 0 saturated heterocycles. The van der Waals surface area contributed by atoms with Crippen LogP contribution in [0.1, 0.15) is 44.7 Å². The molecular formula is C16H23N. The van der Waals surface area contributed by atoms with E-state index in [0.29, 0.717) is 6.04 Å². The highest BCUT2D eigenvalue weighted by molar-refractivity contribution is 5.18. The van der Waals surface area contributed by atoms with Crippen molar-refractivity contribution in [2.75, 3.05) is 0 Å². The van der Waals surface area contributed by atoms with Crippen LogP contribution in [-0.2, 0) is 0 Å². The molecule has 0 aliphatic rings. The van der Waals surface area contributed by atoms with Crippen molar-refractivity contribution in [1.29, 1.82) is 0 Å². The van der Waals surface area contributed by atoms with Crippen LogP contribution >= 0.6 is 0 Å². The molecule has 0 aliphatic heterocycles. The summed E-state index contributed by atoms with van der Waals surface area (Å²) < 4.78 is 0. The van der Waals surface area contributed by atoms with Gasteiger partial charge in [0.05, 0.1) is 0 Å². The molecule has 1 nitrogen and oxygen atoms in total. The van der Waals surface area contributed by atoms with E-state index in [1.165, 1.54) is 24.8 Å². The van der Waals surface area contributed by atoms with Crippen molar-refractivity contribution < 1.29 is 0 Å². The van der Waals surface area contributed by atoms with E-state index in [9.17, 15) is 0 Å². The first kappa shape index (κ1) is 13.6. The van der Waals surface area contributed by atoms with Gasteiger partial charge in [-0.1, -0.05) is 62.2 Å². The Morgan fingerprint density at radius 1 is 1.18 bits per heavy atom. The Bertz CT molecular complexity index is 338. The van der Waals surface area contributed by atoms with E-state index in [0.717, 1.165) is 0 Å². The van der Waals surface area contributed by atoms with E-state index >= 15 is 0 Å². The minimum absolute atomic E-state index is 0.358. The molecule has 0 bridgehead atoms. The lowest BCUT2D eigenvalue weighted by molar-refractivity contribution is 0.686. The van der Waals surface area contributed by atoms with Gasteiger partial charge in [0, 0.05) is 6.04 Å². The summed E-state index contributed by atoms with van der Waals surface area (Å²) in [5.41, 5.74) is 1.31. The number of hydrogen-bond donors (Lipinski definition) is 1. The molecule has 1 aromatic rings. The largest absolute Gasteiger partial charge is 0.384 e. The minimum atomic E-state index is 0.358. The van der Waals surface area contributed by atoms with Gasteiger partial charge in [-0.15, -0.1) is 0 Å². The molecule has 0 amide bonds. The van der Waals surface area contributed by atoms with Crippen LogP contribution in [0.4, 0.5) is 0 Å². The molecule has 92 valence electrons. The van der Waals surface area contributed by atoms with Crippen molar-refractivity contribution in [3.63, 3.8) is 0 Å². The fourth-order valence-electron chi connectivity index (χ4n) is 1.59. The average molecular weight is 229 g/mol. The maximum Gasteiger partial charge on any atom is 0.0480 e. The Morgan fingerprint density at radius 2 is 1.94 bits per heavy atom. The zero-order valence-electron chi connectivity index (χ0n) is 10.9. The zero-order valence-corrected chi connectivity index (χ0v) is 10.9. The number of benzene rings is 1. The molecule has 0 aromatic heterocycles. The van der Waals surface area contributed by atoms with Crippen molar-refractivity contribution in [3.8, 4) is 0 Å². The molecule has 1 atom stereocenters. The van der Waals surface area contributed by atoms with Gasteiger partial charge in [-0.3, -0.25) is 0 Å². The summed E-state index contributed by atoms with van der Waals surface area (Å²) in [7, 11) is 0. The quantitative estimate of drug-likeness (QED) is 0.532. The summed E-state index contributed by atoms with van der Waals surface area (Å²) in [5, 5.41) is 3.36. The normalized spacial score (nSPS) is 13.3. The topological polar surface area (TPSA) is 12.0 Å². The molecule has 17 heavy (non-hydrogen) atoms. The van der Waals surface area contributed by atoms with Crippen molar-refractivity contribution in [2.45, 2.75) is 39.2 Å². The molecule has 0 radical (unpaired) electrons. The van der Waals surface area contributed by atoms with Crippen LogP contribution in [0.15, 0.2) is 54.8 Å². The van der Waals surface area contributed by atoms with Crippen molar-refractivity contribution in [3.05, 3.63) is 60.3 Å². The Labute approximate surface area is 105 Å². The third kappa shape index (κ3) is 5.96. The van der Waals surface area contributed by atoms with Gasteiger partial charge in [0.15, 0.2) is 0 Å². The van der Waals surface area contributed by atoms with Gasteiger partial charge >= 0.3 is 0 Å². The third-order valence-corrected chi connectivity index (χ3v) is 2.71. The maximum atomic E-state index is 3.36. The van der Waals surface area contributed by atoms with E-state index in [1.807, 2.05) is 12.3 Å². The fraction of sp³-hybridized carbons (Fsp3) is 0.375. The summed E-state index contributed by atoms with van der Waals surface area (Å²) in [6.45, 7) is 4.38. The molecule has 1 aromatic carbocycles. The monoisotopic (exact) mass is 229 g/mol. The second-order valence-corrected chi connectivity index (χ2v) is 4.23. The smallest absolute Gasteiger partial charge is 0.0480 e. The summed E-state index contributed by atoms with van der Waals surface area (Å²) in [6.07, 6.45) is 12.1. The standard InChI is InChI=1S/C16H23N/c1-3-4-5-6-7-11-14-17-15(2)16-12-9-8-10-13-16/h6-15,17H,3-5H2,1-2H3/b7-6+,14-11+. The fourth-order valence-corrected chi connectivity index (χ4v) is 1.59. The van der Waals surface area contributed by atoms with E-state index in [2.05, 4.69) is 61.7 Å². The molecule has 0 saturated carbocycles. The first-order chi connectivity index (χ1) is 8.34. The van der Waals surface area contributed by atoms with Crippen LogP contribution in [0.3, 0.4) is 0 Å². The Hall–Kier alpha value is -1.50. The Balaban J connectivity index is 2.26. The van der Waals surface area contributed by atoms with E-state index in [1.54, 1.807) is 0 Å². The minimum Gasteiger partial charge on any atom is -0.384 e. The van der Waals surface area contributed by atoms with Crippen LogP contribution in [0.5, 0.6) is 0 Å². The predicted octanol–water partition coefficient (Wildman–Crippen LogP) is 4.60. The summed E-state index contributed by atoms with van der Waals surface area (Å²) in [5.74, 6) is 0. The van der Waals surface area contributed by atoms with E-state index < -0.39 is 0 Å². The van der Waals surface area contributed by atoms with Gasteiger partial charge in [-0.05, 0) is 31.2 Å². The van der Waals surface area contributed by atoms with Crippen LogP contribution < -0.4 is 5.32 Å². The van der Waals surface area contributed by atoms with Crippen LogP contribution in [-0.4, -0.2) is 0 Å². The summed E-state index contributed by atoms with van der Waals surface area (Å²) in [4.78, 5) is 0. The van der Waals surface area contributed by atoms with Crippen LogP contribution in [0.2, 0.25) is 0 Å². The predicted molar refractivity (Wildman–Crippen MR) is 75.8 cm³/mol. The molecule has 0 spiro atoms. The molecule has 0 aliphatic carbocycles. The van der Waals surface area contributed by atoms with Gasteiger partial charge in [-0.25, -0.2) is 0 Å². The molecular weight excluding hydrogens is 206 g/mol. The van der Waals surface area contributed by atoms with Gasteiger partial charge in [-0.2, -0.15) is 0 Å². The molecule has 1 heteroatoms. The number of rotatable bonds is 7. The van der Waals surface area contributed by atoms with Crippen molar-refractivity contribution in [2.24, 2.45) is 0 Å². The van der Waals surface area contributed by atoms with Gasteiger partial charge in [0.2, 0.25) is 0 Å². The number of allylic oxidation sites excluding steroid dienone is 3. The summed E-state index contributed by atoms with van der Waals surface area (Å²) in [6, 6.07) is 10.8. The Morgan fingerprint density at radius 3 is 2.65 bits per heavy atom. The molecule has 0 heterocycles. The molecule has 1 N–H and O–H groups in total. The number of hydrogen-bond acceptors (Lipinski definition) is 1. The first-order valence-electron chi connectivity index (χ1n) is 6.47. The molecule has 1 rings (SSSR count).